The van der Waals surface area contributed by atoms with E-state index in [0.29, 0.717) is 17.1 Å². The number of carbonyl (C=O) groups is 1. The Bertz CT molecular complexity index is 679. The molecular weight excluding hydrogens is 354 g/mol. The summed E-state index contributed by atoms with van der Waals surface area (Å²) in [5.41, 5.74) is 6.47. The number of nitrogens with two attached hydrogens (primary N) is 1. The molecule has 3 N–H and O–H groups in total. The lowest BCUT2D eigenvalue weighted by molar-refractivity contribution is -0.117. The van der Waals surface area contributed by atoms with Gasteiger partial charge in [-0.3, -0.25) is 4.79 Å². The Kier molecular flexibility index (Phi) is 6.76. The van der Waals surface area contributed by atoms with E-state index in [0.717, 1.165) is 15.8 Å². The predicted octanol–water partition coefficient (Wildman–Crippen LogP) is 2.64. The third kappa shape index (κ3) is 5.13. The second-order valence-corrected chi connectivity index (χ2v) is 7.25. The number of benzene rings is 1. The lowest BCUT2D eigenvalue weighted by Gasteiger charge is -2.12. The number of anilines is 1. The Morgan fingerprint density at radius 1 is 1.52 bits per heavy atom. The SMILES string of the molecule is CSCC[C@H](N)C(=O)Nc1ccc(Sc2nncn2C)c(Cl)c1. The van der Waals surface area contributed by atoms with Gasteiger partial charge >= 0.3 is 0 Å². The van der Waals surface area contributed by atoms with E-state index in [1.807, 2.05) is 19.4 Å². The Balaban J connectivity index is 2.01. The molecule has 0 aliphatic heterocycles. The van der Waals surface area contributed by atoms with E-state index >= 15 is 0 Å². The monoisotopic (exact) mass is 371 g/mol. The molecule has 0 fully saturated rings. The lowest BCUT2D eigenvalue weighted by atomic mass is 10.2. The number of halogens is 1. The molecule has 0 saturated carbocycles. The molecule has 1 amide bonds. The molecule has 1 atom stereocenters. The smallest absolute Gasteiger partial charge is 0.241 e. The molecule has 0 saturated heterocycles. The molecule has 0 aliphatic carbocycles. The van der Waals surface area contributed by atoms with Crippen LogP contribution < -0.4 is 11.1 Å². The average Bonchev–Trinajstić information content (AvgIpc) is 2.92. The van der Waals surface area contributed by atoms with Crippen molar-refractivity contribution in [1.29, 1.82) is 0 Å². The molecule has 0 bridgehead atoms. The van der Waals surface area contributed by atoms with Crippen LogP contribution in [0.25, 0.3) is 0 Å². The highest BCUT2D eigenvalue weighted by Crippen LogP contribution is 2.33. The predicted molar refractivity (Wildman–Crippen MR) is 96.2 cm³/mol. The molecule has 1 heterocycles. The Morgan fingerprint density at radius 2 is 2.30 bits per heavy atom. The van der Waals surface area contributed by atoms with Crippen LogP contribution in [0.2, 0.25) is 5.02 Å². The number of aryl methyl sites for hydroxylation is 1. The van der Waals surface area contributed by atoms with Crippen LogP contribution in [-0.4, -0.2) is 38.7 Å². The maximum Gasteiger partial charge on any atom is 0.241 e. The number of hydrogen-bond acceptors (Lipinski definition) is 6. The lowest BCUT2D eigenvalue weighted by Crippen LogP contribution is -2.36. The van der Waals surface area contributed by atoms with Crippen molar-refractivity contribution < 1.29 is 4.79 Å². The molecule has 124 valence electrons. The van der Waals surface area contributed by atoms with Crippen molar-refractivity contribution in [1.82, 2.24) is 14.8 Å². The largest absolute Gasteiger partial charge is 0.325 e. The first kappa shape index (κ1) is 18.1. The molecule has 23 heavy (non-hydrogen) atoms. The summed E-state index contributed by atoms with van der Waals surface area (Å²) in [6.45, 7) is 0. The number of nitrogens with zero attached hydrogens (tertiary/aromatic N) is 3. The third-order valence-corrected chi connectivity index (χ3v) is 5.24. The van der Waals surface area contributed by atoms with Gasteiger partial charge < -0.3 is 15.6 Å². The van der Waals surface area contributed by atoms with Gasteiger partial charge in [-0.25, -0.2) is 0 Å². The molecular formula is C14H18ClN5OS2. The van der Waals surface area contributed by atoms with Crippen LogP contribution in [0.1, 0.15) is 6.42 Å². The molecule has 6 nitrogen and oxygen atoms in total. The fraction of sp³-hybridized carbons (Fsp3) is 0.357. The van der Waals surface area contributed by atoms with Gasteiger partial charge in [-0.2, -0.15) is 11.8 Å². The second kappa shape index (κ2) is 8.58. The third-order valence-electron chi connectivity index (χ3n) is 3.04. The first-order chi connectivity index (χ1) is 11.0. The topological polar surface area (TPSA) is 85.8 Å². The zero-order chi connectivity index (χ0) is 16.8. The van der Waals surface area contributed by atoms with Crippen molar-refractivity contribution in [3.05, 3.63) is 29.5 Å². The highest BCUT2D eigenvalue weighted by atomic mass is 35.5. The zero-order valence-corrected chi connectivity index (χ0v) is 15.2. The maximum atomic E-state index is 12.0. The van der Waals surface area contributed by atoms with Gasteiger partial charge in [0.15, 0.2) is 5.16 Å². The van der Waals surface area contributed by atoms with Gasteiger partial charge in [-0.1, -0.05) is 11.6 Å². The molecule has 0 aliphatic rings. The van der Waals surface area contributed by atoms with Crippen LogP contribution in [0.5, 0.6) is 0 Å². The van der Waals surface area contributed by atoms with Gasteiger partial charge in [-0.05, 0) is 48.4 Å². The highest BCUT2D eigenvalue weighted by Gasteiger charge is 2.14. The fourth-order valence-corrected chi connectivity index (χ4v) is 3.29. The highest BCUT2D eigenvalue weighted by molar-refractivity contribution is 7.99. The van der Waals surface area contributed by atoms with Gasteiger partial charge in [0.25, 0.3) is 0 Å². The van der Waals surface area contributed by atoms with Crippen LogP contribution in [0.3, 0.4) is 0 Å². The van der Waals surface area contributed by atoms with Crippen LogP contribution in [0.4, 0.5) is 5.69 Å². The van der Waals surface area contributed by atoms with Crippen LogP contribution in [0.15, 0.2) is 34.6 Å². The van der Waals surface area contributed by atoms with E-state index in [-0.39, 0.29) is 5.91 Å². The number of hydrogen-bond donors (Lipinski definition) is 2. The summed E-state index contributed by atoms with van der Waals surface area (Å²) in [5, 5.41) is 11.9. The van der Waals surface area contributed by atoms with E-state index in [4.69, 9.17) is 17.3 Å². The van der Waals surface area contributed by atoms with Crippen LogP contribution in [0, 0.1) is 0 Å². The molecule has 9 heteroatoms. The van der Waals surface area contributed by atoms with E-state index in [1.165, 1.54) is 11.8 Å². The summed E-state index contributed by atoms with van der Waals surface area (Å²) in [6, 6.07) is 4.82. The van der Waals surface area contributed by atoms with Crippen LogP contribution >= 0.6 is 35.1 Å². The summed E-state index contributed by atoms with van der Waals surface area (Å²) in [5.74, 6) is 0.645. The van der Waals surface area contributed by atoms with Crippen LogP contribution in [-0.2, 0) is 11.8 Å². The normalized spacial score (nSPS) is 12.2. The Hall–Kier alpha value is -1.22. The standard InChI is InChI=1S/C14H18ClN5OS2/c1-20-8-17-19-14(20)23-12-4-3-9(7-10(12)15)18-13(21)11(16)5-6-22-2/h3-4,7-8,11H,5-6,16H2,1-2H3,(H,18,21)/t11-/m0/s1. The minimum Gasteiger partial charge on any atom is -0.325 e. The molecule has 0 unspecified atom stereocenters. The fourth-order valence-electron chi connectivity index (χ4n) is 1.74. The van der Waals surface area contributed by atoms with E-state index in [1.54, 1.807) is 34.8 Å². The van der Waals surface area contributed by atoms with Gasteiger partial charge in [0.05, 0.1) is 11.1 Å². The van der Waals surface area contributed by atoms with E-state index in [2.05, 4.69) is 15.5 Å². The zero-order valence-electron chi connectivity index (χ0n) is 12.8. The molecule has 1 aromatic heterocycles. The van der Waals surface area contributed by atoms with Gasteiger partial charge in [0.2, 0.25) is 5.91 Å². The van der Waals surface area contributed by atoms with Gasteiger partial charge in [-0.15, -0.1) is 10.2 Å². The number of carbonyl (C=O) groups excluding carboxylic acids is 1. The number of nitrogens with one attached hydrogen (secondary N) is 1. The van der Waals surface area contributed by atoms with E-state index < -0.39 is 6.04 Å². The quantitative estimate of drug-likeness (QED) is 0.778. The number of amides is 1. The number of rotatable bonds is 7. The molecule has 0 radical (unpaired) electrons. The maximum absolute atomic E-state index is 12.0. The number of aromatic nitrogens is 3. The van der Waals surface area contributed by atoms with Crippen molar-refractivity contribution >= 4 is 46.7 Å². The average molecular weight is 372 g/mol. The molecule has 2 aromatic rings. The molecule has 1 aromatic carbocycles. The minimum atomic E-state index is -0.520. The minimum absolute atomic E-state index is 0.205. The summed E-state index contributed by atoms with van der Waals surface area (Å²) >= 11 is 9.35. The molecule has 2 rings (SSSR count). The van der Waals surface area contributed by atoms with Crippen molar-refractivity contribution in [2.45, 2.75) is 22.5 Å². The number of thioether (sulfide) groups is 1. The van der Waals surface area contributed by atoms with E-state index in [9.17, 15) is 4.79 Å². The van der Waals surface area contributed by atoms with Crippen molar-refractivity contribution in [3.8, 4) is 0 Å². The summed E-state index contributed by atoms with van der Waals surface area (Å²) in [6.07, 6.45) is 4.25. The summed E-state index contributed by atoms with van der Waals surface area (Å²) < 4.78 is 1.81. The summed E-state index contributed by atoms with van der Waals surface area (Å²) in [4.78, 5) is 12.8. The first-order valence-corrected chi connectivity index (χ1v) is 9.47. The van der Waals surface area contributed by atoms with Gasteiger partial charge in [0.1, 0.15) is 6.33 Å². The molecule has 0 spiro atoms. The Morgan fingerprint density at radius 3 is 2.91 bits per heavy atom. The summed E-state index contributed by atoms with van der Waals surface area (Å²) in [7, 11) is 1.86. The van der Waals surface area contributed by atoms with Gasteiger partial charge in [0, 0.05) is 17.6 Å². The second-order valence-electron chi connectivity index (χ2n) is 4.85. The van der Waals surface area contributed by atoms with Crippen molar-refractivity contribution in [3.63, 3.8) is 0 Å². The Labute approximate surface area is 148 Å². The van der Waals surface area contributed by atoms with Crippen molar-refractivity contribution in [2.24, 2.45) is 12.8 Å². The van der Waals surface area contributed by atoms with Crippen molar-refractivity contribution in [2.75, 3.05) is 17.3 Å². The first-order valence-electron chi connectivity index (χ1n) is 6.88.